The SMILES string of the molecule is CC(C)CCC(C)NC1CCCCC1C1CCCN1. The molecule has 0 spiro atoms. The molecule has 19 heavy (non-hydrogen) atoms. The van der Waals surface area contributed by atoms with Crippen LogP contribution in [-0.4, -0.2) is 24.7 Å². The quantitative estimate of drug-likeness (QED) is 0.766. The summed E-state index contributed by atoms with van der Waals surface area (Å²) in [5, 5.41) is 7.70. The second-order valence-electron chi connectivity index (χ2n) is 7.30. The summed E-state index contributed by atoms with van der Waals surface area (Å²) in [7, 11) is 0. The molecule has 112 valence electrons. The maximum Gasteiger partial charge on any atom is 0.0113 e. The Bertz CT molecular complexity index is 246. The monoisotopic (exact) mass is 266 g/mol. The largest absolute Gasteiger partial charge is 0.314 e. The molecule has 1 saturated heterocycles. The van der Waals surface area contributed by atoms with E-state index in [1.165, 1.54) is 57.9 Å². The van der Waals surface area contributed by atoms with Gasteiger partial charge in [-0.05, 0) is 63.8 Å². The molecular formula is C17H34N2. The van der Waals surface area contributed by atoms with Gasteiger partial charge in [0.15, 0.2) is 0 Å². The highest BCUT2D eigenvalue weighted by atomic mass is 15.0. The second kappa shape index (κ2) is 7.64. The normalized spacial score (nSPS) is 33.8. The van der Waals surface area contributed by atoms with Crippen LogP contribution >= 0.6 is 0 Å². The van der Waals surface area contributed by atoms with Crippen LogP contribution in [0, 0.1) is 11.8 Å². The molecule has 0 aromatic heterocycles. The van der Waals surface area contributed by atoms with Crippen molar-refractivity contribution in [2.45, 2.75) is 90.3 Å². The van der Waals surface area contributed by atoms with E-state index in [1.807, 2.05) is 0 Å². The highest BCUT2D eigenvalue weighted by molar-refractivity contribution is 4.92. The van der Waals surface area contributed by atoms with Crippen molar-refractivity contribution in [2.75, 3.05) is 6.54 Å². The van der Waals surface area contributed by atoms with Gasteiger partial charge in [0.1, 0.15) is 0 Å². The van der Waals surface area contributed by atoms with Crippen LogP contribution in [0.15, 0.2) is 0 Å². The third kappa shape index (κ3) is 4.75. The Hall–Kier alpha value is -0.0800. The van der Waals surface area contributed by atoms with Gasteiger partial charge in [0.05, 0.1) is 0 Å². The average Bonchev–Trinajstić information content (AvgIpc) is 2.91. The molecule has 0 amide bonds. The Morgan fingerprint density at radius 2 is 1.79 bits per heavy atom. The molecule has 2 heteroatoms. The van der Waals surface area contributed by atoms with Gasteiger partial charge in [-0.3, -0.25) is 0 Å². The summed E-state index contributed by atoms with van der Waals surface area (Å²) in [5.41, 5.74) is 0. The van der Waals surface area contributed by atoms with Crippen molar-refractivity contribution >= 4 is 0 Å². The zero-order valence-corrected chi connectivity index (χ0v) is 13.3. The second-order valence-corrected chi connectivity index (χ2v) is 7.30. The Kier molecular flexibility index (Phi) is 6.15. The summed E-state index contributed by atoms with van der Waals surface area (Å²) in [5.74, 6) is 1.72. The zero-order chi connectivity index (χ0) is 13.7. The van der Waals surface area contributed by atoms with E-state index in [0.29, 0.717) is 6.04 Å². The standard InChI is InChI=1S/C17H34N2/c1-13(2)10-11-14(3)19-17-8-5-4-7-15(17)16-9-6-12-18-16/h13-19H,4-12H2,1-3H3. The summed E-state index contributed by atoms with van der Waals surface area (Å²) < 4.78 is 0. The molecule has 1 aliphatic heterocycles. The Labute approximate surface area is 120 Å². The van der Waals surface area contributed by atoms with Gasteiger partial charge in [-0.15, -0.1) is 0 Å². The fraction of sp³-hybridized carbons (Fsp3) is 1.00. The van der Waals surface area contributed by atoms with Gasteiger partial charge in [-0.25, -0.2) is 0 Å². The molecule has 1 heterocycles. The summed E-state index contributed by atoms with van der Waals surface area (Å²) in [6, 6.07) is 2.26. The van der Waals surface area contributed by atoms with Gasteiger partial charge in [0, 0.05) is 18.1 Å². The van der Waals surface area contributed by atoms with Crippen LogP contribution < -0.4 is 10.6 Å². The fourth-order valence-corrected chi connectivity index (χ4v) is 3.96. The lowest BCUT2D eigenvalue weighted by Crippen LogP contribution is -2.49. The minimum absolute atomic E-state index is 0.689. The number of rotatable bonds is 6. The first-order chi connectivity index (χ1) is 9.16. The van der Waals surface area contributed by atoms with Crippen molar-refractivity contribution in [3.8, 4) is 0 Å². The van der Waals surface area contributed by atoms with Crippen LogP contribution in [0.3, 0.4) is 0 Å². The van der Waals surface area contributed by atoms with Crippen LogP contribution in [0.1, 0.15) is 72.1 Å². The van der Waals surface area contributed by atoms with E-state index >= 15 is 0 Å². The van der Waals surface area contributed by atoms with Crippen molar-refractivity contribution in [3.63, 3.8) is 0 Å². The summed E-state index contributed by atoms with van der Waals surface area (Å²) >= 11 is 0. The topological polar surface area (TPSA) is 24.1 Å². The maximum atomic E-state index is 3.96. The Morgan fingerprint density at radius 1 is 1.00 bits per heavy atom. The number of hydrogen-bond acceptors (Lipinski definition) is 2. The van der Waals surface area contributed by atoms with Gasteiger partial charge in [-0.1, -0.05) is 26.7 Å². The fourth-order valence-electron chi connectivity index (χ4n) is 3.96. The van der Waals surface area contributed by atoms with E-state index in [-0.39, 0.29) is 0 Å². The first kappa shape index (κ1) is 15.3. The summed E-state index contributed by atoms with van der Waals surface area (Å²) in [4.78, 5) is 0. The Balaban J connectivity index is 1.81. The van der Waals surface area contributed by atoms with E-state index < -0.39 is 0 Å². The molecular weight excluding hydrogens is 232 g/mol. The lowest BCUT2D eigenvalue weighted by molar-refractivity contribution is 0.199. The number of hydrogen-bond donors (Lipinski definition) is 2. The van der Waals surface area contributed by atoms with Gasteiger partial charge in [0.25, 0.3) is 0 Å². The van der Waals surface area contributed by atoms with Crippen molar-refractivity contribution in [2.24, 2.45) is 11.8 Å². The van der Waals surface area contributed by atoms with E-state index in [9.17, 15) is 0 Å². The molecule has 4 atom stereocenters. The molecule has 1 aliphatic carbocycles. The van der Waals surface area contributed by atoms with Gasteiger partial charge in [-0.2, -0.15) is 0 Å². The van der Waals surface area contributed by atoms with Crippen LogP contribution in [0.4, 0.5) is 0 Å². The molecule has 0 radical (unpaired) electrons. The molecule has 2 N–H and O–H groups in total. The van der Waals surface area contributed by atoms with E-state index in [0.717, 1.165) is 23.9 Å². The van der Waals surface area contributed by atoms with Crippen LogP contribution in [0.5, 0.6) is 0 Å². The van der Waals surface area contributed by atoms with Crippen molar-refractivity contribution in [1.29, 1.82) is 0 Å². The smallest absolute Gasteiger partial charge is 0.0113 e. The molecule has 0 aromatic rings. The summed E-state index contributed by atoms with van der Waals surface area (Å²) in [6.45, 7) is 8.30. The minimum Gasteiger partial charge on any atom is -0.314 e. The zero-order valence-electron chi connectivity index (χ0n) is 13.3. The molecule has 1 saturated carbocycles. The van der Waals surface area contributed by atoms with Gasteiger partial charge >= 0.3 is 0 Å². The third-order valence-corrected chi connectivity index (χ3v) is 5.11. The van der Waals surface area contributed by atoms with Crippen molar-refractivity contribution < 1.29 is 0 Å². The van der Waals surface area contributed by atoms with Crippen molar-refractivity contribution in [3.05, 3.63) is 0 Å². The molecule has 2 rings (SSSR count). The highest BCUT2D eigenvalue weighted by Gasteiger charge is 2.33. The molecule has 2 fully saturated rings. The average molecular weight is 266 g/mol. The van der Waals surface area contributed by atoms with E-state index in [4.69, 9.17) is 0 Å². The van der Waals surface area contributed by atoms with E-state index in [1.54, 1.807) is 0 Å². The highest BCUT2D eigenvalue weighted by Crippen LogP contribution is 2.31. The lowest BCUT2D eigenvalue weighted by atomic mass is 9.79. The molecule has 2 nitrogen and oxygen atoms in total. The molecule has 0 aromatic carbocycles. The maximum absolute atomic E-state index is 3.96. The molecule has 2 aliphatic rings. The molecule has 4 unspecified atom stereocenters. The first-order valence-corrected chi connectivity index (χ1v) is 8.66. The third-order valence-electron chi connectivity index (χ3n) is 5.11. The predicted octanol–water partition coefficient (Wildman–Crippen LogP) is 3.71. The predicted molar refractivity (Wildman–Crippen MR) is 83.4 cm³/mol. The van der Waals surface area contributed by atoms with Crippen molar-refractivity contribution in [1.82, 2.24) is 10.6 Å². The molecule has 0 bridgehead atoms. The first-order valence-electron chi connectivity index (χ1n) is 8.66. The lowest BCUT2D eigenvalue weighted by Gasteiger charge is -2.38. The van der Waals surface area contributed by atoms with E-state index in [2.05, 4.69) is 31.4 Å². The van der Waals surface area contributed by atoms with Crippen LogP contribution in [0.25, 0.3) is 0 Å². The summed E-state index contributed by atoms with van der Waals surface area (Å²) in [6.07, 6.45) is 11.2. The number of nitrogens with one attached hydrogen (secondary N) is 2. The Morgan fingerprint density at radius 3 is 2.47 bits per heavy atom. The van der Waals surface area contributed by atoms with Gasteiger partial charge < -0.3 is 10.6 Å². The van der Waals surface area contributed by atoms with Crippen LogP contribution in [-0.2, 0) is 0 Å². The van der Waals surface area contributed by atoms with Gasteiger partial charge in [0.2, 0.25) is 0 Å². The van der Waals surface area contributed by atoms with Crippen LogP contribution in [0.2, 0.25) is 0 Å². The minimum atomic E-state index is 0.689.